The third-order valence-electron chi connectivity index (χ3n) is 2.48. The van der Waals surface area contributed by atoms with Crippen molar-refractivity contribution in [1.82, 2.24) is 5.32 Å². The number of nitrogens with one attached hydrogen (secondary N) is 1. The molecule has 2 saturated heterocycles. The fourth-order valence-corrected chi connectivity index (χ4v) is 3.16. The summed E-state index contributed by atoms with van der Waals surface area (Å²) in [6.07, 6.45) is 5.75. The average molecular weight is 157 g/mol. The first-order chi connectivity index (χ1) is 4.95. The standard InChI is InChI=1S/C8H15NS/c1-2-4-10-8-5-7(3-1)9-6-8/h7-9H,1-6H2. The minimum absolute atomic E-state index is 0.873. The summed E-state index contributed by atoms with van der Waals surface area (Å²) in [4.78, 5) is 0. The smallest absolute Gasteiger partial charge is 0.0187 e. The number of fused-ring (bicyclic) bond motifs is 2. The van der Waals surface area contributed by atoms with Crippen molar-refractivity contribution in [3.8, 4) is 0 Å². The van der Waals surface area contributed by atoms with E-state index < -0.39 is 0 Å². The van der Waals surface area contributed by atoms with Gasteiger partial charge in [0, 0.05) is 17.8 Å². The number of hydrogen-bond donors (Lipinski definition) is 1. The second-order valence-electron chi connectivity index (χ2n) is 3.33. The van der Waals surface area contributed by atoms with Crippen LogP contribution in [-0.2, 0) is 0 Å². The van der Waals surface area contributed by atoms with Crippen molar-refractivity contribution in [1.29, 1.82) is 0 Å². The zero-order valence-corrected chi connectivity index (χ0v) is 7.12. The van der Waals surface area contributed by atoms with Gasteiger partial charge in [-0.1, -0.05) is 6.42 Å². The van der Waals surface area contributed by atoms with Crippen LogP contribution in [0.1, 0.15) is 25.7 Å². The molecule has 0 amide bonds. The lowest BCUT2D eigenvalue weighted by Gasteiger charge is -2.13. The Kier molecular flexibility index (Phi) is 2.19. The van der Waals surface area contributed by atoms with E-state index in [1.807, 2.05) is 0 Å². The Bertz CT molecular complexity index is 104. The molecular weight excluding hydrogens is 142 g/mol. The van der Waals surface area contributed by atoms with Crippen LogP contribution >= 0.6 is 11.8 Å². The Morgan fingerprint density at radius 1 is 1.30 bits per heavy atom. The maximum atomic E-state index is 3.58. The van der Waals surface area contributed by atoms with E-state index in [1.165, 1.54) is 38.0 Å². The second kappa shape index (κ2) is 3.14. The monoisotopic (exact) mass is 157 g/mol. The summed E-state index contributed by atoms with van der Waals surface area (Å²) in [7, 11) is 0. The molecule has 0 aromatic heterocycles. The van der Waals surface area contributed by atoms with Gasteiger partial charge in [0.05, 0.1) is 0 Å². The van der Waals surface area contributed by atoms with Crippen molar-refractivity contribution in [3.63, 3.8) is 0 Å². The molecule has 2 aliphatic rings. The molecule has 2 unspecified atom stereocenters. The van der Waals surface area contributed by atoms with E-state index in [0.717, 1.165) is 11.3 Å². The summed E-state index contributed by atoms with van der Waals surface area (Å²) in [6, 6.07) is 0.873. The molecule has 2 bridgehead atoms. The van der Waals surface area contributed by atoms with Gasteiger partial charge in [0.25, 0.3) is 0 Å². The van der Waals surface area contributed by atoms with Crippen LogP contribution in [0.15, 0.2) is 0 Å². The second-order valence-corrected chi connectivity index (χ2v) is 4.74. The Morgan fingerprint density at radius 3 is 3.30 bits per heavy atom. The fourth-order valence-electron chi connectivity index (χ4n) is 1.87. The van der Waals surface area contributed by atoms with E-state index in [1.54, 1.807) is 0 Å². The molecule has 2 aliphatic heterocycles. The molecule has 1 N–H and O–H groups in total. The van der Waals surface area contributed by atoms with E-state index in [0.29, 0.717) is 0 Å². The van der Waals surface area contributed by atoms with Crippen LogP contribution < -0.4 is 5.32 Å². The lowest BCUT2D eigenvalue weighted by atomic mass is 10.1. The molecule has 0 aliphatic carbocycles. The summed E-state index contributed by atoms with van der Waals surface area (Å²) in [5.41, 5.74) is 0. The lowest BCUT2D eigenvalue weighted by Crippen LogP contribution is -2.20. The van der Waals surface area contributed by atoms with Crippen LogP contribution in [0, 0.1) is 0 Å². The fraction of sp³-hybridized carbons (Fsp3) is 1.00. The highest BCUT2D eigenvalue weighted by molar-refractivity contribution is 7.99. The van der Waals surface area contributed by atoms with Crippen LogP contribution in [0.2, 0.25) is 0 Å². The molecule has 2 fully saturated rings. The van der Waals surface area contributed by atoms with Gasteiger partial charge in [-0.05, 0) is 25.0 Å². The maximum absolute atomic E-state index is 3.58. The first kappa shape index (κ1) is 6.99. The average Bonchev–Trinajstić information content (AvgIpc) is 2.30. The Morgan fingerprint density at radius 2 is 2.30 bits per heavy atom. The molecule has 0 aromatic carbocycles. The first-order valence-electron chi connectivity index (χ1n) is 4.30. The Labute approximate surface area is 67.0 Å². The number of hydrogen-bond acceptors (Lipinski definition) is 2. The molecule has 0 spiro atoms. The third-order valence-corrected chi connectivity index (χ3v) is 3.84. The van der Waals surface area contributed by atoms with Gasteiger partial charge in [-0.2, -0.15) is 11.8 Å². The highest BCUT2D eigenvalue weighted by Gasteiger charge is 2.24. The molecule has 10 heavy (non-hydrogen) atoms. The zero-order valence-electron chi connectivity index (χ0n) is 6.31. The molecule has 0 saturated carbocycles. The van der Waals surface area contributed by atoms with Crippen molar-refractivity contribution < 1.29 is 0 Å². The minimum Gasteiger partial charge on any atom is -0.313 e. The van der Waals surface area contributed by atoms with Gasteiger partial charge in [-0.15, -0.1) is 0 Å². The Balaban J connectivity index is 1.91. The molecule has 2 rings (SSSR count). The zero-order chi connectivity index (χ0) is 6.81. The number of thioether (sulfide) groups is 1. The Hall–Kier alpha value is 0.310. The van der Waals surface area contributed by atoms with Crippen molar-refractivity contribution in [2.24, 2.45) is 0 Å². The summed E-state index contributed by atoms with van der Waals surface area (Å²) in [6.45, 7) is 1.27. The van der Waals surface area contributed by atoms with E-state index in [9.17, 15) is 0 Å². The predicted molar refractivity (Wildman–Crippen MR) is 46.5 cm³/mol. The maximum Gasteiger partial charge on any atom is 0.0187 e. The quantitative estimate of drug-likeness (QED) is 0.573. The topological polar surface area (TPSA) is 12.0 Å². The molecule has 0 radical (unpaired) electrons. The first-order valence-corrected chi connectivity index (χ1v) is 5.35. The van der Waals surface area contributed by atoms with Gasteiger partial charge in [0.2, 0.25) is 0 Å². The summed E-state index contributed by atoms with van der Waals surface area (Å²) < 4.78 is 0. The van der Waals surface area contributed by atoms with Crippen LogP contribution in [0.25, 0.3) is 0 Å². The van der Waals surface area contributed by atoms with E-state index in [4.69, 9.17) is 0 Å². The highest BCUT2D eigenvalue weighted by Crippen LogP contribution is 2.27. The SMILES string of the molecule is C1CCC2CC(CN2)SC1. The summed E-state index contributed by atoms with van der Waals surface area (Å²) in [5, 5.41) is 4.53. The van der Waals surface area contributed by atoms with Gasteiger partial charge in [-0.3, -0.25) is 0 Å². The van der Waals surface area contributed by atoms with E-state index >= 15 is 0 Å². The van der Waals surface area contributed by atoms with Crippen molar-refractivity contribution >= 4 is 11.8 Å². The van der Waals surface area contributed by atoms with Gasteiger partial charge in [-0.25, -0.2) is 0 Å². The molecule has 2 heterocycles. The lowest BCUT2D eigenvalue weighted by molar-refractivity contribution is 0.531. The van der Waals surface area contributed by atoms with Gasteiger partial charge < -0.3 is 5.32 Å². The largest absolute Gasteiger partial charge is 0.313 e. The van der Waals surface area contributed by atoms with E-state index in [-0.39, 0.29) is 0 Å². The van der Waals surface area contributed by atoms with Gasteiger partial charge >= 0.3 is 0 Å². The summed E-state index contributed by atoms with van der Waals surface area (Å²) in [5.74, 6) is 1.40. The van der Waals surface area contributed by atoms with Gasteiger partial charge in [0.1, 0.15) is 0 Å². The van der Waals surface area contributed by atoms with Crippen LogP contribution in [-0.4, -0.2) is 23.6 Å². The van der Waals surface area contributed by atoms with Crippen molar-refractivity contribution in [2.75, 3.05) is 12.3 Å². The summed E-state index contributed by atoms with van der Waals surface area (Å²) >= 11 is 2.18. The molecular formula is C8H15NS. The minimum atomic E-state index is 0.873. The van der Waals surface area contributed by atoms with E-state index in [2.05, 4.69) is 17.1 Å². The van der Waals surface area contributed by atoms with Crippen molar-refractivity contribution in [3.05, 3.63) is 0 Å². The predicted octanol–water partition coefficient (Wildman–Crippen LogP) is 1.63. The molecule has 0 aromatic rings. The third kappa shape index (κ3) is 1.48. The molecule has 58 valence electrons. The normalized spacial score (nSPS) is 40.8. The van der Waals surface area contributed by atoms with Crippen LogP contribution in [0.4, 0.5) is 0 Å². The van der Waals surface area contributed by atoms with Crippen LogP contribution in [0.3, 0.4) is 0 Å². The highest BCUT2D eigenvalue weighted by atomic mass is 32.2. The molecule has 1 nitrogen and oxygen atoms in total. The van der Waals surface area contributed by atoms with Gasteiger partial charge in [0.15, 0.2) is 0 Å². The van der Waals surface area contributed by atoms with Crippen molar-refractivity contribution in [2.45, 2.75) is 37.0 Å². The molecule has 2 heteroatoms. The number of rotatable bonds is 0. The van der Waals surface area contributed by atoms with Crippen LogP contribution in [0.5, 0.6) is 0 Å². The molecule has 2 atom stereocenters.